The molecule has 34 heavy (non-hydrogen) atoms. The van der Waals surface area contributed by atoms with Crippen molar-refractivity contribution in [3.63, 3.8) is 0 Å². The molecular formula is C23H23F2N5O4. The molecule has 0 aliphatic heterocycles. The summed E-state index contributed by atoms with van der Waals surface area (Å²) in [7, 11) is 2.71. The highest BCUT2D eigenvalue weighted by atomic mass is 19.3. The quantitative estimate of drug-likeness (QED) is 0.463. The highest BCUT2D eigenvalue weighted by Gasteiger charge is 2.32. The number of carbonyl (C=O) groups is 1. The van der Waals surface area contributed by atoms with E-state index in [0.29, 0.717) is 21.4 Å². The lowest BCUT2D eigenvalue weighted by molar-refractivity contribution is 0.0513. The number of benzene rings is 1. The molecule has 0 spiro atoms. The molecule has 0 radical (unpaired) electrons. The Kier molecular flexibility index (Phi) is 7.40. The third-order valence-electron chi connectivity index (χ3n) is 5.46. The first-order valence-corrected chi connectivity index (χ1v) is 10.4. The zero-order chi connectivity index (χ0) is 25.0. The molecule has 2 aromatic heterocycles. The minimum Gasteiger partial charge on any atom is -0.489 e. The van der Waals surface area contributed by atoms with E-state index in [9.17, 15) is 23.6 Å². The van der Waals surface area contributed by atoms with Gasteiger partial charge in [-0.2, -0.15) is 19.1 Å². The molecule has 9 nitrogen and oxygen atoms in total. The lowest BCUT2D eigenvalue weighted by atomic mass is 9.80. The van der Waals surface area contributed by atoms with Gasteiger partial charge in [0.25, 0.3) is 5.56 Å². The number of hydrogen-bond acceptors (Lipinski definition) is 7. The normalized spacial score (nSPS) is 12.8. The molecule has 3 aromatic rings. The number of esters is 1. The Morgan fingerprint density at radius 2 is 2.00 bits per heavy atom. The van der Waals surface area contributed by atoms with Crippen molar-refractivity contribution < 1.29 is 23.0 Å². The predicted octanol–water partition coefficient (Wildman–Crippen LogP) is 3.36. The lowest BCUT2D eigenvalue weighted by Gasteiger charge is -2.26. The van der Waals surface area contributed by atoms with Gasteiger partial charge in [0.1, 0.15) is 5.82 Å². The average Bonchev–Trinajstić information content (AvgIpc) is 3.31. The zero-order valence-electron chi connectivity index (χ0n) is 19.0. The predicted molar refractivity (Wildman–Crippen MR) is 117 cm³/mol. The number of alkyl halides is 2. The van der Waals surface area contributed by atoms with Crippen LogP contribution in [0.1, 0.15) is 65.2 Å². The van der Waals surface area contributed by atoms with E-state index in [-0.39, 0.29) is 23.9 Å². The van der Waals surface area contributed by atoms with Crippen molar-refractivity contribution in [1.29, 1.82) is 5.26 Å². The zero-order valence-corrected chi connectivity index (χ0v) is 19.0. The maximum atomic E-state index is 13.3. The summed E-state index contributed by atoms with van der Waals surface area (Å²) in [6, 6.07) is 8.83. The first-order valence-electron chi connectivity index (χ1n) is 10.4. The summed E-state index contributed by atoms with van der Waals surface area (Å²) in [6.45, 7) is 0.552. The Labute approximate surface area is 194 Å². The summed E-state index contributed by atoms with van der Waals surface area (Å²) in [6.07, 6.45) is 2.48. The number of rotatable bonds is 8. The number of methoxy groups -OCH3 is 1. The minimum absolute atomic E-state index is 0.0642. The van der Waals surface area contributed by atoms with Gasteiger partial charge in [-0.15, -0.1) is 0 Å². The van der Waals surface area contributed by atoms with Gasteiger partial charge in [-0.1, -0.05) is 25.1 Å². The lowest BCUT2D eigenvalue weighted by Crippen LogP contribution is -2.30. The van der Waals surface area contributed by atoms with Crippen LogP contribution in [0.5, 0.6) is 5.75 Å². The van der Waals surface area contributed by atoms with E-state index in [1.165, 1.54) is 31.1 Å². The average molecular weight is 471 g/mol. The van der Waals surface area contributed by atoms with Crippen molar-refractivity contribution in [3.05, 3.63) is 75.2 Å². The van der Waals surface area contributed by atoms with Gasteiger partial charge < -0.3 is 9.47 Å². The molecule has 0 bridgehead atoms. The fourth-order valence-corrected chi connectivity index (χ4v) is 3.90. The van der Waals surface area contributed by atoms with E-state index >= 15 is 0 Å². The van der Waals surface area contributed by atoms with Crippen LogP contribution in [0, 0.1) is 11.3 Å². The molecule has 11 heteroatoms. The Morgan fingerprint density at radius 1 is 1.29 bits per heavy atom. The Morgan fingerprint density at radius 3 is 2.59 bits per heavy atom. The molecule has 0 saturated heterocycles. The fourth-order valence-electron chi connectivity index (χ4n) is 3.90. The summed E-state index contributed by atoms with van der Waals surface area (Å²) in [4.78, 5) is 29.9. The van der Waals surface area contributed by atoms with Gasteiger partial charge in [-0.3, -0.25) is 9.36 Å². The largest absolute Gasteiger partial charge is 0.489 e. The van der Waals surface area contributed by atoms with Crippen LogP contribution in [0.4, 0.5) is 8.78 Å². The highest BCUT2D eigenvalue weighted by molar-refractivity contribution is 5.90. The topological polar surface area (TPSA) is 112 Å². The maximum absolute atomic E-state index is 13.3. The van der Waals surface area contributed by atoms with Crippen molar-refractivity contribution in [2.75, 3.05) is 13.7 Å². The van der Waals surface area contributed by atoms with Crippen molar-refractivity contribution in [1.82, 2.24) is 19.3 Å². The van der Waals surface area contributed by atoms with Crippen LogP contribution in [0.15, 0.2) is 41.5 Å². The molecule has 2 unspecified atom stereocenters. The number of nitriles is 1. The smallest absolute Gasteiger partial charge is 0.361 e. The van der Waals surface area contributed by atoms with Crippen LogP contribution >= 0.6 is 0 Å². The number of carbonyl (C=O) groups excluding carboxylic acids is 1. The molecule has 0 amide bonds. The van der Waals surface area contributed by atoms with Crippen LogP contribution in [0.2, 0.25) is 0 Å². The van der Waals surface area contributed by atoms with Crippen molar-refractivity contribution in [3.8, 4) is 11.8 Å². The van der Waals surface area contributed by atoms with Gasteiger partial charge in [0, 0.05) is 25.1 Å². The second kappa shape index (κ2) is 10.2. The highest BCUT2D eigenvalue weighted by Crippen LogP contribution is 2.39. The summed E-state index contributed by atoms with van der Waals surface area (Å²) < 4.78 is 38.4. The van der Waals surface area contributed by atoms with Gasteiger partial charge in [-0.25, -0.2) is 14.5 Å². The molecule has 2 heterocycles. The second-order valence-electron chi connectivity index (χ2n) is 7.43. The van der Waals surface area contributed by atoms with Crippen LogP contribution < -0.4 is 10.3 Å². The number of halogens is 2. The van der Waals surface area contributed by atoms with Gasteiger partial charge in [0.15, 0.2) is 5.69 Å². The van der Waals surface area contributed by atoms with E-state index in [1.54, 1.807) is 38.1 Å². The Balaban J connectivity index is 2.26. The molecule has 0 saturated carbocycles. The first-order chi connectivity index (χ1) is 16.2. The summed E-state index contributed by atoms with van der Waals surface area (Å²) in [5.41, 5.74) is 0.350. The summed E-state index contributed by atoms with van der Waals surface area (Å²) in [5, 5.41) is 13.4. The number of aromatic nitrogens is 4. The van der Waals surface area contributed by atoms with E-state index in [4.69, 9.17) is 9.47 Å². The molecule has 0 aliphatic carbocycles. The summed E-state index contributed by atoms with van der Waals surface area (Å²) in [5.74, 6) is -2.26. The number of nitrogens with zero attached hydrogens (tertiary/aromatic N) is 5. The Bertz CT molecular complexity index is 1300. The van der Waals surface area contributed by atoms with Crippen molar-refractivity contribution >= 4 is 5.97 Å². The standard InChI is InChI=1S/C23H23F2N5O4/c1-5-34-22(32)18-19(33-4)21(31)29(3)20(28-18)13(2)17(15-11-27-30(12-15)23(24)25)16-9-7-6-8-14(16)10-26/h6-9,11-13,17,23H,5H2,1-4H3. The molecule has 0 fully saturated rings. The molecule has 3 rings (SSSR count). The molecule has 0 aliphatic rings. The third-order valence-corrected chi connectivity index (χ3v) is 5.46. The molecule has 178 valence electrons. The van der Waals surface area contributed by atoms with E-state index in [0.717, 1.165) is 0 Å². The van der Waals surface area contributed by atoms with Gasteiger partial charge in [0.05, 0.1) is 31.5 Å². The second-order valence-corrected chi connectivity index (χ2v) is 7.43. The van der Waals surface area contributed by atoms with E-state index < -0.39 is 29.9 Å². The maximum Gasteiger partial charge on any atom is 0.361 e. The van der Waals surface area contributed by atoms with Gasteiger partial charge in [-0.05, 0) is 24.1 Å². The molecule has 0 N–H and O–H groups in total. The SMILES string of the molecule is CCOC(=O)c1nc(C(C)C(c2cnn(C(F)F)c2)c2ccccc2C#N)n(C)c(=O)c1OC. The van der Waals surface area contributed by atoms with Crippen LogP contribution in [0.3, 0.4) is 0 Å². The number of ether oxygens (including phenoxy) is 2. The molecule has 2 atom stereocenters. The van der Waals surface area contributed by atoms with Crippen molar-refractivity contribution in [2.45, 2.75) is 32.2 Å². The minimum atomic E-state index is -2.85. The number of hydrogen-bond donors (Lipinski definition) is 0. The van der Waals surface area contributed by atoms with Crippen LogP contribution in [-0.4, -0.2) is 39.0 Å². The van der Waals surface area contributed by atoms with Gasteiger partial charge >= 0.3 is 12.5 Å². The first kappa shape index (κ1) is 24.6. The molecular weight excluding hydrogens is 448 g/mol. The Hall–Kier alpha value is -4.07. The molecule has 1 aromatic carbocycles. The summed E-state index contributed by atoms with van der Waals surface area (Å²) >= 11 is 0. The van der Waals surface area contributed by atoms with Crippen molar-refractivity contribution in [2.24, 2.45) is 7.05 Å². The van der Waals surface area contributed by atoms with E-state index in [2.05, 4.69) is 16.2 Å². The van der Waals surface area contributed by atoms with Gasteiger partial charge in [0.2, 0.25) is 5.75 Å². The van der Waals surface area contributed by atoms with E-state index in [1.807, 2.05) is 0 Å². The monoisotopic (exact) mass is 471 g/mol. The van der Waals surface area contributed by atoms with Crippen LogP contribution in [0.25, 0.3) is 0 Å². The fraction of sp³-hybridized carbons (Fsp3) is 0.348. The van der Waals surface area contributed by atoms with Crippen LogP contribution in [-0.2, 0) is 11.8 Å². The third kappa shape index (κ3) is 4.52.